The van der Waals surface area contributed by atoms with Gasteiger partial charge in [-0.15, -0.1) is 37.1 Å². The van der Waals surface area contributed by atoms with Gasteiger partial charge in [0.05, 0.1) is 13.2 Å². The molecule has 102 valence electrons. The maximum Gasteiger partial charge on any atom is 0.522 e. The first-order chi connectivity index (χ1) is 7.49. The normalized spacial score (nSPS) is 17.8. The van der Waals surface area contributed by atoms with Gasteiger partial charge >= 0.3 is 6.36 Å². The summed E-state index contributed by atoms with van der Waals surface area (Å²) in [6, 6.07) is 0. The fraction of sp³-hybridized carbons (Fsp3) is 0.875. The minimum Gasteiger partial charge on any atom is -0.370 e. The van der Waals surface area contributed by atoms with Crippen molar-refractivity contribution in [3.8, 4) is 0 Å². The molecule has 0 radical (unpaired) electrons. The molecule has 0 saturated carbocycles. The lowest BCUT2D eigenvalue weighted by Gasteiger charge is -2.27. The first kappa shape index (κ1) is 17.1. The molecule has 0 aliphatic carbocycles. The number of hydrogen-bond donors (Lipinski definition) is 1. The molecule has 1 heterocycles. The number of guanidine groups is 1. The van der Waals surface area contributed by atoms with Crippen LogP contribution in [-0.4, -0.2) is 55.0 Å². The van der Waals surface area contributed by atoms with Gasteiger partial charge in [-0.05, 0) is 0 Å². The molecule has 17 heavy (non-hydrogen) atoms. The summed E-state index contributed by atoms with van der Waals surface area (Å²) in [5.41, 5.74) is 5.63. The Balaban J connectivity index is 0.00000256. The Morgan fingerprint density at radius 1 is 1.35 bits per heavy atom. The molecule has 4 nitrogen and oxygen atoms in total. The highest BCUT2D eigenvalue weighted by atomic mass is 127. The highest BCUT2D eigenvalue weighted by molar-refractivity contribution is 14.0. The lowest BCUT2D eigenvalue weighted by atomic mass is 10.5. The molecule has 1 rings (SSSR count). The van der Waals surface area contributed by atoms with Crippen LogP contribution in [0.3, 0.4) is 0 Å². The molecule has 1 fully saturated rings. The number of thioether (sulfide) groups is 1. The Morgan fingerprint density at radius 2 is 1.94 bits per heavy atom. The van der Waals surface area contributed by atoms with Crippen molar-refractivity contribution in [2.24, 2.45) is 10.7 Å². The van der Waals surface area contributed by atoms with Crippen molar-refractivity contribution in [3.63, 3.8) is 0 Å². The van der Waals surface area contributed by atoms with Crippen molar-refractivity contribution >= 4 is 41.7 Å². The van der Waals surface area contributed by atoms with Gasteiger partial charge in [0.25, 0.3) is 0 Å². The van der Waals surface area contributed by atoms with Gasteiger partial charge in [-0.2, -0.15) is 11.8 Å². The number of alkyl halides is 3. The molecule has 9 heteroatoms. The van der Waals surface area contributed by atoms with Crippen LogP contribution in [0.5, 0.6) is 0 Å². The number of ether oxygens (including phenoxy) is 1. The summed E-state index contributed by atoms with van der Waals surface area (Å²) in [7, 11) is 0. The van der Waals surface area contributed by atoms with E-state index in [-0.39, 0.29) is 30.5 Å². The summed E-state index contributed by atoms with van der Waals surface area (Å²) in [5.74, 6) is 2.23. The Labute approximate surface area is 119 Å². The minimum absolute atomic E-state index is 0. The second-order valence-corrected chi connectivity index (χ2v) is 4.36. The van der Waals surface area contributed by atoms with Crippen molar-refractivity contribution in [1.82, 2.24) is 4.90 Å². The highest BCUT2D eigenvalue weighted by Crippen LogP contribution is 2.15. The number of hydrogen-bond acceptors (Lipinski definition) is 3. The van der Waals surface area contributed by atoms with Gasteiger partial charge in [-0.25, -0.2) is 0 Å². The van der Waals surface area contributed by atoms with E-state index in [0.29, 0.717) is 5.96 Å². The van der Waals surface area contributed by atoms with E-state index in [1.807, 2.05) is 16.7 Å². The molecule has 0 unspecified atom stereocenters. The van der Waals surface area contributed by atoms with Crippen LogP contribution in [0, 0.1) is 0 Å². The van der Waals surface area contributed by atoms with Crippen LogP contribution >= 0.6 is 35.7 Å². The smallest absolute Gasteiger partial charge is 0.370 e. The zero-order valence-corrected chi connectivity index (χ0v) is 12.2. The van der Waals surface area contributed by atoms with E-state index in [0.717, 1.165) is 24.6 Å². The first-order valence-corrected chi connectivity index (χ1v) is 5.98. The van der Waals surface area contributed by atoms with Gasteiger partial charge in [0.2, 0.25) is 0 Å². The largest absolute Gasteiger partial charge is 0.522 e. The van der Waals surface area contributed by atoms with Crippen LogP contribution in [0.2, 0.25) is 0 Å². The molecule has 0 spiro atoms. The van der Waals surface area contributed by atoms with E-state index in [1.54, 1.807) is 0 Å². The minimum atomic E-state index is -4.59. The number of nitrogens with two attached hydrogens (primary N) is 1. The quantitative estimate of drug-likeness (QED) is 0.346. The lowest BCUT2D eigenvalue weighted by Crippen LogP contribution is -2.42. The standard InChI is InChI=1S/C8H14F3N3OS.HI/c9-8(10,11)15-4-1-13-7(12)14-2-5-16-6-3-14;/h1-6H2,(H2,12,13);1H. The second-order valence-electron chi connectivity index (χ2n) is 3.13. The number of aliphatic imine (C=N–C) groups is 1. The molecule has 2 N–H and O–H groups in total. The SMILES string of the molecule is I.NC(=NCCOC(F)(F)F)N1CCSCC1. The van der Waals surface area contributed by atoms with E-state index < -0.39 is 13.0 Å². The summed E-state index contributed by atoms with van der Waals surface area (Å²) in [4.78, 5) is 5.70. The molecule has 1 saturated heterocycles. The molecule has 0 aromatic heterocycles. The maximum atomic E-state index is 11.6. The molecule has 0 bridgehead atoms. The van der Waals surface area contributed by atoms with Crippen molar-refractivity contribution in [3.05, 3.63) is 0 Å². The van der Waals surface area contributed by atoms with Crippen LogP contribution in [0.25, 0.3) is 0 Å². The Hall–Kier alpha value is 0.100. The van der Waals surface area contributed by atoms with Crippen molar-refractivity contribution in [1.29, 1.82) is 0 Å². The summed E-state index contributed by atoms with van der Waals surface area (Å²) >= 11 is 1.82. The third-order valence-corrected chi connectivity index (χ3v) is 2.91. The summed E-state index contributed by atoms with van der Waals surface area (Å²) in [6.07, 6.45) is -4.59. The summed E-state index contributed by atoms with van der Waals surface area (Å²) in [6.45, 7) is 1.02. The van der Waals surface area contributed by atoms with Gasteiger partial charge in [0.1, 0.15) is 0 Å². The average molecular weight is 385 g/mol. The Morgan fingerprint density at radius 3 is 2.47 bits per heavy atom. The average Bonchev–Trinajstić information content (AvgIpc) is 2.24. The number of rotatable bonds is 3. The molecule has 1 aliphatic rings. The second kappa shape index (κ2) is 8.25. The van der Waals surface area contributed by atoms with E-state index in [9.17, 15) is 13.2 Å². The molecule has 0 aromatic rings. The van der Waals surface area contributed by atoms with Crippen LogP contribution in [0.4, 0.5) is 13.2 Å². The molecular formula is C8H15F3IN3OS. The first-order valence-electron chi connectivity index (χ1n) is 4.82. The third kappa shape index (κ3) is 7.92. The zero-order valence-electron chi connectivity index (χ0n) is 9.07. The van der Waals surface area contributed by atoms with E-state index in [1.165, 1.54) is 0 Å². The van der Waals surface area contributed by atoms with Crippen LogP contribution in [0.15, 0.2) is 4.99 Å². The van der Waals surface area contributed by atoms with Crippen molar-refractivity contribution in [2.45, 2.75) is 6.36 Å². The number of halogens is 4. The van der Waals surface area contributed by atoms with E-state index in [4.69, 9.17) is 5.73 Å². The molecule has 0 amide bonds. The van der Waals surface area contributed by atoms with Gasteiger partial charge in [-0.1, -0.05) is 0 Å². The van der Waals surface area contributed by atoms with E-state index in [2.05, 4.69) is 9.73 Å². The van der Waals surface area contributed by atoms with Crippen LogP contribution in [0.1, 0.15) is 0 Å². The predicted molar refractivity (Wildman–Crippen MR) is 72.8 cm³/mol. The van der Waals surface area contributed by atoms with Crippen molar-refractivity contribution < 1.29 is 17.9 Å². The predicted octanol–water partition coefficient (Wildman–Crippen LogP) is 1.50. The van der Waals surface area contributed by atoms with Gasteiger partial charge in [-0.3, -0.25) is 9.73 Å². The van der Waals surface area contributed by atoms with E-state index >= 15 is 0 Å². The molecule has 1 aliphatic heterocycles. The highest BCUT2D eigenvalue weighted by Gasteiger charge is 2.28. The summed E-state index contributed by atoms with van der Waals surface area (Å²) in [5, 5.41) is 0. The number of nitrogens with zero attached hydrogens (tertiary/aromatic N) is 2. The van der Waals surface area contributed by atoms with Gasteiger partial charge in [0, 0.05) is 24.6 Å². The van der Waals surface area contributed by atoms with Gasteiger partial charge in [0.15, 0.2) is 5.96 Å². The monoisotopic (exact) mass is 385 g/mol. The lowest BCUT2D eigenvalue weighted by molar-refractivity contribution is -0.323. The third-order valence-electron chi connectivity index (χ3n) is 1.97. The summed E-state index contributed by atoms with van der Waals surface area (Å²) < 4.78 is 38.4. The Bertz CT molecular complexity index is 247. The Kier molecular flexibility index (Phi) is 8.29. The molecule has 0 atom stereocenters. The topological polar surface area (TPSA) is 50.9 Å². The fourth-order valence-corrected chi connectivity index (χ4v) is 2.12. The van der Waals surface area contributed by atoms with Crippen LogP contribution < -0.4 is 5.73 Å². The maximum absolute atomic E-state index is 11.6. The molecule has 0 aromatic carbocycles. The zero-order chi connectivity index (χ0) is 12.0. The van der Waals surface area contributed by atoms with Crippen LogP contribution in [-0.2, 0) is 4.74 Å². The molecular weight excluding hydrogens is 370 g/mol. The fourth-order valence-electron chi connectivity index (χ4n) is 1.21. The van der Waals surface area contributed by atoms with Crippen molar-refractivity contribution in [2.75, 3.05) is 37.7 Å². The van der Waals surface area contributed by atoms with Gasteiger partial charge < -0.3 is 10.6 Å².